The average Bonchev–Trinajstić information content (AvgIpc) is 2.83. The summed E-state index contributed by atoms with van der Waals surface area (Å²) in [5.41, 5.74) is 12.8. The maximum Gasteiger partial charge on any atom is 0.127 e. The fourth-order valence-electron chi connectivity index (χ4n) is 2.48. The molecule has 0 aliphatic rings. The molecule has 3 rings (SSSR count). The maximum absolute atomic E-state index is 6.17. The quantitative estimate of drug-likeness (QED) is 0.768. The van der Waals surface area contributed by atoms with Gasteiger partial charge in [0.2, 0.25) is 0 Å². The summed E-state index contributed by atoms with van der Waals surface area (Å²) in [4.78, 5) is 0. The number of aryl methyl sites for hydroxylation is 3. The number of nitrogen functional groups attached to an aromatic ring is 1. The van der Waals surface area contributed by atoms with Crippen molar-refractivity contribution in [1.29, 1.82) is 0 Å². The lowest BCUT2D eigenvalue weighted by atomic mass is 10.1. The Morgan fingerprint density at radius 1 is 0.905 bits per heavy atom. The Balaban J connectivity index is 2.12. The van der Waals surface area contributed by atoms with Gasteiger partial charge >= 0.3 is 0 Å². The van der Waals surface area contributed by atoms with Gasteiger partial charge in [0.15, 0.2) is 0 Å². The van der Waals surface area contributed by atoms with Crippen LogP contribution in [0.4, 0.5) is 5.82 Å². The number of nitrogens with two attached hydrogens (primary N) is 1. The Bertz CT molecular complexity index is 800. The summed E-state index contributed by atoms with van der Waals surface area (Å²) >= 11 is 0. The third-order valence-corrected chi connectivity index (χ3v) is 3.64. The van der Waals surface area contributed by atoms with Crippen LogP contribution in [0.5, 0.6) is 0 Å². The van der Waals surface area contributed by atoms with Crippen molar-refractivity contribution in [3.63, 3.8) is 0 Å². The lowest BCUT2D eigenvalue weighted by Crippen LogP contribution is -2.04. The Hall–Kier alpha value is -2.55. The topological polar surface area (TPSA) is 43.8 Å². The standard InChI is InChI=1S/C18H19N3/c1-12-5-4-6-15(9-12)16-11-18(19)21(20-16)17-10-13(2)7-8-14(17)3/h4-11H,19H2,1-3H3. The Morgan fingerprint density at radius 2 is 1.67 bits per heavy atom. The van der Waals surface area contributed by atoms with Crippen LogP contribution in [0.3, 0.4) is 0 Å². The molecule has 0 fully saturated rings. The van der Waals surface area contributed by atoms with Gasteiger partial charge in [-0.05, 0) is 44.0 Å². The second-order valence-corrected chi connectivity index (χ2v) is 5.53. The lowest BCUT2D eigenvalue weighted by Gasteiger charge is -2.08. The summed E-state index contributed by atoms with van der Waals surface area (Å²) in [6.07, 6.45) is 0. The number of nitrogens with zero attached hydrogens (tertiary/aromatic N) is 2. The van der Waals surface area contributed by atoms with Crippen LogP contribution in [0.15, 0.2) is 48.5 Å². The minimum absolute atomic E-state index is 0.653. The second kappa shape index (κ2) is 5.09. The monoisotopic (exact) mass is 277 g/mol. The number of rotatable bonds is 2. The molecule has 3 heteroatoms. The van der Waals surface area contributed by atoms with E-state index in [1.165, 1.54) is 11.1 Å². The molecule has 0 amide bonds. The van der Waals surface area contributed by atoms with E-state index < -0.39 is 0 Å². The van der Waals surface area contributed by atoms with Gasteiger partial charge in [-0.2, -0.15) is 5.10 Å². The van der Waals surface area contributed by atoms with Crippen LogP contribution in [0, 0.1) is 20.8 Å². The van der Waals surface area contributed by atoms with E-state index in [2.05, 4.69) is 62.3 Å². The van der Waals surface area contributed by atoms with Crippen molar-refractivity contribution in [3.8, 4) is 16.9 Å². The molecule has 0 aliphatic carbocycles. The smallest absolute Gasteiger partial charge is 0.127 e. The summed E-state index contributed by atoms with van der Waals surface area (Å²) in [7, 11) is 0. The van der Waals surface area contributed by atoms with Crippen LogP contribution in [0.25, 0.3) is 16.9 Å². The van der Waals surface area contributed by atoms with Crippen LogP contribution in [-0.4, -0.2) is 9.78 Å². The first-order valence-electron chi connectivity index (χ1n) is 7.05. The first-order chi connectivity index (χ1) is 10.0. The van der Waals surface area contributed by atoms with Crippen molar-refractivity contribution in [2.75, 3.05) is 5.73 Å². The van der Waals surface area contributed by atoms with E-state index in [-0.39, 0.29) is 0 Å². The summed E-state index contributed by atoms with van der Waals surface area (Å²) in [6.45, 7) is 6.22. The third-order valence-electron chi connectivity index (χ3n) is 3.64. The zero-order valence-corrected chi connectivity index (χ0v) is 12.6. The summed E-state index contributed by atoms with van der Waals surface area (Å²) in [6, 6.07) is 16.5. The molecule has 1 aromatic heterocycles. The highest BCUT2D eigenvalue weighted by atomic mass is 15.3. The molecule has 2 N–H and O–H groups in total. The lowest BCUT2D eigenvalue weighted by molar-refractivity contribution is 0.885. The highest BCUT2D eigenvalue weighted by Gasteiger charge is 2.11. The predicted octanol–water partition coefficient (Wildman–Crippen LogP) is 4.05. The van der Waals surface area contributed by atoms with Gasteiger partial charge in [0.05, 0.1) is 11.4 Å². The van der Waals surface area contributed by atoms with Crippen LogP contribution in [-0.2, 0) is 0 Å². The number of benzene rings is 2. The summed E-state index contributed by atoms with van der Waals surface area (Å²) in [5, 5.41) is 4.68. The number of anilines is 1. The molecule has 0 saturated heterocycles. The highest BCUT2D eigenvalue weighted by molar-refractivity contribution is 5.64. The Kier molecular flexibility index (Phi) is 3.26. The number of aromatic nitrogens is 2. The van der Waals surface area contributed by atoms with Gasteiger partial charge in [0, 0.05) is 11.6 Å². The van der Waals surface area contributed by atoms with Gasteiger partial charge in [-0.1, -0.05) is 35.9 Å². The van der Waals surface area contributed by atoms with E-state index >= 15 is 0 Å². The maximum atomic E-state index is 6.17. The number of hydrogen-bond acceptors (Lipinski definition) is 2. The molecule has 0 radical (unpaired) electrons. The largest absolute Gasteiger partial charge is 0.384 e. The van der Waals surface area contributed by atoms with Crippen LogP contribution >= 0.6 is 0 Å². The Labute approximate surface area is 125 Å². The molecule has 106 valence electrons. The SMILES string of the molecule is Cc1cccc(-c2cc(N)n(-c3cc(C)ccc3C)n2)c1. The van der Waals surface area contributed by atoms with Crippen molar-refractivity contribution in [3.05, 3.63) is 65.2 Å². The minimum Gasteiger partial charge on any atom is -0.384 e. The van der Waals surface area contributed by atoms with Crippen molar-refractivity contribution in [2.45, 2.75) is 20.8 Å². The number of hydrogen-bond donors (Lipinski definition) is 1. The molecule has 3 aromatic rings. The van der Waals surface area contributed by atoms with Crippen LogP contribution in [0.2, 0.25) is 0 Å². The van der Waals surface area contributed by atoms with Crippen molar-refractivity contribution < 1.29 is 0 Å². The van der Waals surface area contributed by atoms with Gasteiger partial charge in [0.1, 0.15) is 5.82 Å². The van der Waals surface area contributed by atoms with Crippen molar-refractivity contribution >= 4 is 5.82 Å². The highest BCUT2D eigenvalue weighted by Crippen LogP contribution is 2.25. The van der Waals surface area contributed by atoms with Crippen molar-refractivity contribution in [2.24, 2.45) is 0 Å². The zero-order chi connectivity index (χ0) is 15.0. The summed E-state index contributed by atoms with van der Waals surface area (Å²) in [5.74, 6) is 0.653. The molecule has 0 spiro atoms. The van der Waals surface area contributed by atoms with Crippen LogP contribution < -0.4 is 5.73 Å². The molecule has 2 aromatic carbocycles. The van der Waals surface area contributed by atoms with Gasteiger partial charge in [0.25, 0.3) is 0 Å². The molecular weight excluding hydrogens is 258 g/mol. The Morgan fingerprint density at radius 3 is 2.43 bits per heavy atom. The summed E-state index contributed by atoms with van der Waals surface area (Å²) < 4.78 is 1.82. The van der Waals surface area contributed by atoms with E-state index in [4.69, 9.17) is 5.73 Å². The van der Waals surface area contributed by atoms with Gasteiger partial charge < -0.3 is 5.73 Å². The second-order valence-electron chi connectivity index (χ2n) is 5.53. The molecule has 1 heterocycles. The van der Waals surface area contributed by atoms with E-state index in [1.54, 1.807) is 0 Å². The fourth-order valence-corrected chi connectivity index (χ4v) is 2.48. The first kappa shape index (κ1) is 13.4. The third kappa shape index (κ3) is 2.55. The van der Waals surface area contributed by atoms with E-state index in [1.807, 2.05) is 16.8 Å². The molecule has 0 atom stereocenters. The molecule has 0 aliphatic heterocycles. The van der Waals surface area contributed by atoms with Crippen molar-refractivity contribution in [1.82, 2.24) is 9.78 Å². The normalized spacial score (nSPS) is 10.8. The predicted molar refractivity (Wildman–Crippen MR) is 87.6 cm³/mol. The molecule has 21 heavy (non-hydrogen) atoms. The molecule has 0 unspecified atom stereocenters. The van der Waals surface area contributed by atoms with E-state index in [0.717, 1.165) is 22.5 Å². The fraction of sp³-hybridized carbons (Fsp3) is 0.167. The van der Waals surface area contributed by atoms with Crippen LogP contribution in [0.1, 0.15) is 16.7 Å². The van der Waals surface area contributed by atoms with E-state index in [9.17, 15) is 0 Å². The van der Waals surface area contributed by atoms with Gasteiger partial charge in [-0.25, -0.2) is 4.68 Å². The molecule has 3 nitrogen and oxygen atoms in total. The zero-order valence-electron chi connectivity index (χ0n) is 12.6. The van der Waals surface area contributed by atoms with E-state index in [0.29, 0.717) is 5.82 Å². The first-order valence-corrected chi connectivity index (χ1v) is 7.05. The molecule has 0 bridgehead atoms. The minimum atomic E-state index is 0.653. The molecule has 0 saturated carbocycles. The van der Waals surface area contributed by atoms with Gasteiger partial charge in [-0.15, -0.1) is 0 Å². The molecular formula is C18H19N3. The van der Waals surface area contributed by atoms with Gasteiger partial charge in [-0.3, -0.25) is 0 Å². The average molecular weight is 277 g/mol.